The van der Waals surface area contributed by atoms with Crippen LogP contribution in [-0.2, 0) is 29.1 Å². The number of tetrazole rings is 1. The van der Waals surface area contributed by atoms with E-state index >= 15 is 0 Å². The zero-order valence-corrected chi connectivity index (χ0v) is 22.2. The normalized spacial score (nSPS) is 20.0. The number of oxime groups is 1. The van der Waals surface area contributed by atoms with Crippen LogP contribution < -0.4 is 11.1 Å². The number of nitrogens with one attached hydrogen (secondary N) is 2. The number of aromatic amines is 1. The lowest BCUT2D eigenvalue weighted by atomic mass is 10.0. The van der Waals surface area contributed by atoms with Gasteiger partial charge in [0.25, 0.3) is 21.8 Å². The number of hydrogen-bond donors (Lipinski definition) is 6. The molecule has 0 aromatic carbocycles. The summed E-state index contributed by atoms with van der Waals surface area (Å²) >= 11 is 1.90. The fourth-order valence-electron chi connectivity index (χ4n) is 3.58. The SMILES string of the molecule is CS(=O)(=O)n1nc(C(=NO)C(=O)N[C@@H]2C(=O)N3C(OC(=O)O)=C(C(CC(=O)O)Sc4nn[nH]n4)CS[C@@H]23)nc1N. The molecule has 214 valence electrons. The maximum Gasteiger partial charge on any atom is 0.512 e. The number of carbonyl (C=O) groups is 4. The van der Waals surface area contributed by atoms with E-state index in [-0.39, 0.29) is 16.5 Å². The molecule has 40 heavy (non-hydrogen) atoms. The molecule has 21 nitrogen and oxygen atoms in total. The molecule has 7 N–H and O–H groups in total. The topological polar surface area (TPSA) is 311 Å². The van der Waals surface area contributed by atoms with Crippen molar-refractivity contribution in [1.29, 1.82) is 0 Å². The van der Waals surface area contributed by atoms with Crippen LogP contribution >= 0.6 is 23.5 Å². The van der Waals surface area contributed by atoms with Gasteiger partial charge in [0.1, 0.15) is 11.4 Å². The number of nitrogens with zero attached hydrogens (tertiary/aromatic N) is 8. The molecule has 2 aromatic heterocycles. The number of amides is 2. The number of H-pyrrole nitrogens is 1. The van der Waals surface area contributed by atoms with Gasteiger partial charge in [-0.1, -0.05) is 16.9 Å². The summed E-state index contributed by atoms with van der Waals surface area (Å²) in [6.45, 7) is 0. The van der Waals surface area contributed by atoms with Gasteiger partial charge in [-0.3, -0.25) is 19.3 Å². The Morgan fingerprint density at radius 3 is 2.65 bits per heavy atom. The molecule has 2 aromatic rings. The minimum atomic E-state index is -4.01. The van der Waals surface area contributed by atoms with Crippen molar-refractivity contribution < 1.29 is 47.8 Å². The molecule has 2 aliphatic heterocycles. The Hall–Kier alpha value is -4.45. The summed E-state index contributed by atoms with van der Waals surface area (Å²) in [6, 6.07) is -1.29. The molecule has 2 aliphatic rings. The van der Waals surface area contributed by atoms with Crippen molar-refractivity contribution in [3.8, 4) is 0 Å². The smallest absolute Gasteiger partial charge is 0.481 e. The van der Waals surface area contributed by atoms with E-state index in [0.29, 0.717) is 4.09 Å². The molecule has 2 amide bonds. The number of carbonyl (C=O) groups excluding carboxylic acids is 2. The summed E-state index contributed by atoms with van der Waals surface area (Å²) in [5.41, 5.74) is 4.77. The van der Waals surface area contributed by atoms with E-state index in [1.807, 2.05) is 0 Å². The van der Waals surface area contributed by atoms with Crippen LogP contribution in [0.25, 0.3) is 0 Å². The average Bonchev–Trinajstić information content (AvgIpc) is 3.51. The highest BCUT2D eigenvalue weighted by Crippen LogP contribution is 2.44. The highest BCUT2D eigenvalue weighted by molar-refractivity contribution is 8.01. The van der Waals surface area contributed by atoms with Crippen molar-refractivity contribution in [2.24, 2.45) is 5.16 Å². The zero-order chi connectivity index (χ0) is 29.4. The highest BCUT2D eigenvalue weighted by Gasteiger charge is 2.55. The molecule has 0 saturated carbocycles. The number of nitrogens with two attached hydrogens (primary N) is 1. The van der Waals surface area contributed by atoms with Crippen LogP contribution in [0, 0.1) is 0 Å². The quantitative estimate of drug-likeness (QED) is 0.0393. The Balaban J connectivity index is 1.58. The number of anilines is 1. The third-order valence-electron chi connectivity index (χ3n) is 5.18. The van der Waals surface area contributed by atoms with Gasteiger partial charge in [0.2, 0.25) is 28.5 Å². The lowest BCUT2D eigenvalue weighted by molar-refractivity contribution is -0.148. The fourth-order valence-corrected chi connectivity index (χ4v) is 6.68. The summed E-state index contributed by atoms with van der Waals surface area (Å²) in [4.78, 5) is 53.4. The molecule has 0 bridgehead atoms. The van der Waals surface area contributed by atoms with E-state index in [0.717, 1.165) is 34.7 Å². The number of aromatic nitrogens is 7. The Kier molecular flexibility index (Phi) is 7.83. The molecular formula is C16H17N11O10S3. The lowest BCUT2D eigenvalue weighted by Crippen LogP contribution is -2.70. The maximum absolute atomic E-state index is 13.1. The number of β-lactam (4-membered cyclic amide) rings is 1. The van der Waals surface area contributed by atoms with Crippen molar-refractivity contribution in [3.05, 3.63) is 17.3 Å². The van der Waals surface area contributed by atoms with E-state index in [1.54, 1.807) is 0 Å². The van der Waals surface area contributed by atoms with Crippen molar-refractivity contribution >= 4 is 69.1 Å². The van der Waals surface area contributed by atoms with E-state index in [2.05, 4.69) is 41.2 Å². The van der Waals surface area contributed by atoms with Gasteiger partial charge < -0.3 is 31.2 Å². The van der Waals surface area contributed by atoms with Gasteiger partial charge in [0.15, 0.2) is 0 Å². The van der Waals surface area contributed by atoms with Crippen molar-refractivity contribution in [2.75, 3.05) is 17.7 Å². The van der Waals surface area contributed by atoms with Gasteiger partial charge in [-0.2, -0.15) is 10.2 Å². The number of carboxylic acid groups (broad SMARTS) is 2. The Morgan fingerprint density at radius 1 is 1.38 bits per heavy atom. The van der Waals surface area contributed by atoms with Crippen LogP contribution in [0.15, 0.2) is 21.8 Å². The molecule has 1 fully saturated rings. The molecule has 3 atom stereocenters. The van der Waals surface area contributed by atoms with E-state index in [4.69, 9.17) is 10.5 Å². The summed E-state index contributed by atoms with van der Waals surface area (Å²) in [6.07, 6.45) is -1.53. The van der Waals surface area contributed by atoms with Crippen LogP contribution in [0.4, 0.5) is 10.7 Å². The van der Waals surface area contributed by atoms with E-state index < -0.39 is 80.4 Å². The predicted molar refractivity (Wildman–Crippen MR) is 130 cm³/mol. The molecule has 0 spiro atoms. The van der Waals surface area contributed by atoms with Gasteiger partial charge in [-0.15, -0.1) is 31.1 Å². The van der Waals surface area contributed by atoms with Gasteiger partial charge in [-0.05, 0) is 5.21 Å². The summed E-state index contributed by atoms with van der Waals surface area (Å²) in [5.74, 6) is -5.00. The molecule has 1 unspecified atom stereocenters. The number of rotatable bonds is 10. The van der Waals surface area contributed by atoms with Crippen molar-refractivity contribution in [2.45, 2.75) is 28.2 Å². The van der Waals surface area contributed by atoms with Gasteiger partial charge >= 0.3 is 12.1 Å². The molecule has 24 heteroatoms. The average molecular weight is 620 g/mol. The number of nitrogen functional groups attached to an aromatic ring is 1. The van der Waals surface area contributed by atoms with Crippen LogP contribution in [0.5, 0.6) is 0 Å². The summed E-state index contributed by atoms with van der Waals surface area (Å²) in [5, 5.41) is 47.9. The number of hydrogen-bond acceptors (Lipinski definition) is 17. The van der Waals surface area contributed by atoms with Crippen LogP contribution in [0.2, 0.25) is 0 Å². The van der Waals surface area contributed by atoms with Crippen molar-refractivity contribution in [3.63, 3.8) is 0 Å². The number of carboxylic acids is 1. The molecule has 0 radical (unpaired) electrons. The first-order valence-electron chi connectivity index (χ1n) is 10.5. The number of ether oxygens (including phenoxy) is 1. The fraction of sp³-hybridized carbons (Fsp3) is 0.375. The van der Waals surface area contributed by atoms with E-state index in [1.165, 1.54) is 0 Å². The maximum atomic E-state index is 13.1. The number of thioether (sulfide) groups is 2. The van der Waals surface area contributed by atoms with Gasteiger partial charge in [0.05, 0.1) is 17.9 Å². The first-order chi connectivity index (χ1) is 18.8. The summed E-state index contributed by atoms with van der Waals surface area (Å²) < 4.78 is 28.6. The minimum Gasteiger partial charge on any atom is -0.481 e. The van der Waals surface area contributed by atoms with Gasteiger partial charge in [0, 0.05) is 11.3 Å². The molecule has 4 heterocycles. The highest BCUT2D eigenvalue weighted by atomic mass is 32.2. The number of fused-ring (bicyclic) bond motifs is 1. The van der Waals surface area contributed by atoms with Crippen LogP contribution in [0.3, 0.4) is 0 Å². The second-order valence-electron chi connectivity index (χ2n) is 7.81. The third-order valence-corrected chi connectivity index (χ3v) is 8.50. The van der Waals surface area contributed by atoms with Crippen molar-refractivity contribution in [1.82, 2.24) is 45.0 Å². The Morgan fingerprint density at radius 2 is 2.10 bits per heavy atom. The minimum absolute atomic E-state index is 0.0238. The predicted octanol–water partition coefficient (Wildman–Crippen LogP) is -2.70. The molecule has 1 saturated heterocycles. The first-order valence-corrected chi connectivity index (χ1v) is 14.3. The first kappa shape index (κ1) is 28.6. The van der Waals surface area contributed by atoms with Crippen LogP contribution in [-0.4, -0.2) is 122 Å². The third kappa shape index (κ3) is 5.62. The largest absolute Gasteiger partial charge is 0.512 e. The second kappa shape index (κ2) is 11.0. The zero-order valence-electron chi connectivity index (χ0n) is 19.7. The van der Waals surface area contributed by atoms with Gasteiger partial charge in [-0.25, -0.2) is 13.2 Å². The second-order valence-corrected chi connectivity index (χ2v) is 11.9. The molecule has 4 rings (SSSR count). The lowest BCUT2D eigenvalue weighted by Gasteiger charge is -2.49. The molecular weight excluding hydrogens is 602 g/mol. The monoisotopic (exact) mass is 619 g/mol. The van der Waals surface area contributed by atoms with Crippen LogP contribution in [0.1, 0.15) is 12.2 Å². The Labute approximate surface area is 230 Å². The summed E-state index contributed by atoms with van der Waals surface area (Å²) in [7, 11) is -4.01. The number of aliphatic carboxylic acids is 1. The Bertz CT molecular complexity index is 1540. The van der Waals surface area contributed by atoms with E-state index in [9.17, 15) is 43.0 Å². The molecule has 0 aliphatic carbocycles. The standard InChI is InChI=1S/C16H17N11O10S3/c1-40(35,36)27-14(17)19-9(22-27)7(23-34)10(30)18-8-11(31)26-12(37-16(32)33)4(3-38-13(8)26)5(2-6(28)29)39-15-20-24-25-21-15/h5,8,13,34H,2-3H2,1H3,(H,18,30)(H,28,29)(H,32,33)(H2,17,19,22)(H,20,21,24,25)/t5?,8-,13+/m1/s1.